The van der Waals surface area contributed by atoms with Crippen LogP contribution in [0.3, 0.4) is 0 Å². The lowest BCUT2D eigenvalue weighted by Gasteiger charge is -2.35. The topological polar surface area (TPSA) is 20.2 Å². The average molecular weight is 234 g/mol. The van der Waals surface area contributed by atoms with Gasteiger partial charge in [-0.2, -0.15) is 23.5 Å². The number of hydrogen-bond donors (Lipinski definition) is 1. The largest absolute Gasteiger partial charge is 0.392 e. The molecule has 0 bridgehead atoms. The van der Waals surface area contributed by atoms with Crippen LogP contribution in [0.5, 0.6) is 0 Å². The van der Waals surface area contributed by atoms with Crippen LogP contribution in [0, 0.1) is 11.8 Å². The first-order valence-corrected chi connectivity index (χ1v) is 7.55. The van der Waals surface area contributed by atoms with E-state index in [0.29, 0.717) is 22.3 Å². The molecule has 4 atom stereocenters. The third-order valence-electron chi connectivity index (χ3n) is 3.16. The van der Waals surface area contributed by atoms with Gasteiger partial charge in [0.2, 0.25) is 0 Å². The number of aliphatic hydroxyl groups is 1. The van der Waals surface area contributed by atoms with Crippen molar-refractivity contribution in [3.05, 3.63) is 0 Å². The Hall–Kier alpha value is 0.660. The first kappa shape index (κ1) is 12.7. The van der Waals surface area contributed by atoms with Crippen LogP contribution in [0.2, 0.25) is 0 Å². The SMILES string of the molecule is CC(C)C(C)C(O)C1SCCSC1C. The molecule has 1 saturated heterocycles. The van der Waals surface area contributed by atoms with Gasteiger partial charge in [-0.3, -0.25) is 0 Å². The van der Waals surface area contributed by atoms with E-state index >= 15 is 0 Å². The summed E-state index contributed by atoms with van der Waals surface area (Å²) in [6, 6.07) is 0. The summed E-state index contributed by atoms with van der Waals surface area (Å²) in [7, 11) is 0. The third-order valence-corrected chi connectivity index (χ3v) is 6.37. The van der Waals surface area contributed by atoms with Crippen LogP contribution in [0.15, 0.2) is 0 Å². The number of rotatable bonds is 3. The van der Waals surface area contributed by atoms with Crippen molar-refractivity contribution in [3.8, 4) is 0 Å². The molecular formula is C11H22OS2. The summed E-state index contributed by atoms with van der Waals surface area (Å²) in [5.74, 6) is 3.42. The molecule has 0 aliphatic carbocycles. The first-order chi connectivity index (χ1) is 6.54. The van der Waals surface area contributed by atoms with Crippen LogP contribution in [0.4, 0.5) is 0 Å². The van der Waals surface area contributed by atoms with Gasteiger partial charge in [0.25, 0.3) is 0 Å². The smallest absolute Gasteiger partial charge is 0.0697 e. The Morgan fingerprint density at radius 3 is 2.21 bits per heavy atom. The van der Waals surface area contributed by atoms with E-state index in [4.69, 9.17) is 0 Å². The van der Waals surface area contributed by atoms with Crippen LogP contribution >= 0.6 is 23.5 Å². The van der Waals surface area contributed by atoms with Gasteiger partial charge in [0.15, 0.2) is 0 Å². The van der Waals surface area contributed by atoms with Crippen LogP contribution in [-0.4, -0.2) is 33.2 Å². The molecule has 1 rings (SSSR count). The molecule has 1 N–H and O–H groups in total. The fraction of sp³-hybridized carbons (Fsp3) is 1.00. The standard InChI is InChI=1S/C11H22OS2/c1-7(2)8(3)10(12)11-9(4)13-5-6-14-11/h7-12H,5-6H2,1-4H3. The predicted molar refractivity (Wildman–Crippen MR) is 68.2 cm³/mol. The number of hydrogen-bond acceptors (Lipinski definition) is 3. The van der Waals surface area contributed by atoms with E-state index < -0.39 is 0 Å². The zero-order valence-corrected chi connectivity index (χ0v) is 11.2. The minimum Gasteiger partial charge on any atom is -0.392 e. The zero-order chi connectivity index (χ0) is 10.7. The van der Waals surface area contributed by atoms with Gasteiger partial charge in [-0.15, -0.1) is 0 Å². The molecule has 0 aromatic heterocycles. The predicted octanol–water partition coefficient (Wildman–Crippen LogP) is 2.88. The van der Waals surface area contributed by atoms with E-state index in [2.05, 4.69) is 27.7 Å². The Balaban J connectivity index is 2.53. The Kier molecular flexibility index (Phi) is 5.15. The van der Waals surface area contributed by atoms with Crippen LogP contribution in [0.25, 0.3) is 0 Å². The molecule has 1 nitrogen and oxygen atoms in total. The molecule has 14 heavy (non-hydrogen) atoms. The Bertz CT molecular complexity index is 173. The molecule has 1 fully saturated rings. The third kappa shape index (κ3) is 3.07. The molecule has 0 saturated carbocycles. The van der Waals surface area contributed by atoms with Crippen LogP contribution in [-0.2, 0) is 0 Å². The van der Waals surface area contributed by atoms with Crippen molar-refractivity contribution in [2.24, 2.45) is 11.8 Å². The van der Waals surface area contributed by atoms with Crippen molar-refractivity contribution in [1.29, 1.82) is 0 Å². The molecule has 4 unspecified atom stereocenters. The summed E-state index contributed by atoms with van der Waals surface area (Å²) in [6.45, 7) is 8.80. The van der Waals surface area contributed by atoms with Crippen molar-refractivity contribution >= 4 is 23.5 Å². The van der Waals surface area contributed by atoms with Gasteiger partial charge in [0, 0.05) is 22.0 Å². The molecular weight excluding hydrogens is 212 g/mol. The second-order valence-electron chi connectivity index (χ2n) is 4.51. The van der Waals surface area contributed by atoms with Gasteiger partial charge in [-0.25, -0.2) is 0 Å². The molecule has 0 aromatic carbocycles. The molecule has 1 heterocycles. The molecule has 84 valence electrons. The van der Waals surface area contributed by atoms with Gasteiger partial charge in [-0.05, 0) is 11.8 Å². The van der Waals surface area contributed by atoms with Crippen molar-refractivity contribution < 1.29 is 5.11 Å². The zero-order valence-electron chi connectivity index (χ0n) is 9.56. The van der Waals surface area contributed by atoms with Gasteiger partial charge in [-0.1, -0.05) is 27.7 Å². The molecule has 1 aliphatic heterocycles. The second-order valence-corrected chi connectivity index (χ2v) is 7.28. The van der Waals surface area contributed by atoms with Gasteiger partial charge in [0.1, 0.15) is 0 Å². The summed E-state index contributed by atoms with van der Waals surface area (Å²) in [5.41, 5.74) is 0. The van der Waals surface area contributed by atoms with E-state index in [0.717, 1.165) is 0 Å². The van der Waals surface area contributed by atoms with E-state index in [9.17, 15) is 5.11 Å². The van der Waals surface area contributed by atoms with E-state index in [1.807, 2.05) is 23.5 Å². The van der Waals surface area contributed by atoms with E-state index in [1.165, 1.54) is 11.5 Å². The lowest BCUT2D eigenvalue weighted by molar-refractivity contribution is 0.0896. The fourth-order valence-corrected chi connectivity index (χ4v) is 4.67. The lowest BCUT2D eigenvalue weighted by Crippen LogP contribution is -2.40. The molecule has 3 heteroatoms. The summed E-state index contributed by atoms with van der Waals surface area (Å²) in [6.07, 6.45) is -0.136. The average Bonchev–Trinajstić information content (AvgIpc) is 2.16. The highest BCUT2D eigenvalue weighted by molar-refractivity contribution is 8.07. The fourth-order valence-electron chi connectivity index (χ4n) is 1.72. The maximum Gasteiger partial charge on any atom is 0.0697 e. The molecule has 0 amide bonds. The van der Waals surface area contributed by atoms with Crippen molar-refractivity contribution in [3.63, 3.8) is 0 Å². The summed E-state index contributed by atoms with van der Waals surface area (Å²) < 4.78 is 0. The first-order valence-electron chi connectivity index (χ1n) is 5.45. The quantitative estimate of drug-likeness (QED) is 0.811. The van der Waals surface area contributed by atoms with Gasteiger partial charge < -0.3 is 5.11 Å². The number of thioether (sulfide) groups is 2. The highest BCUT2D eigenvalue weighted by atomic mass is 32.2. The summed E-state index contributed by atoms with van der Waals surface area (Å²) >= 11 is 3.96. The lowest BCUT2D eigenvalue weighted by atomic mass is 9.89. The Morgan fingerprint density at radius 2 is 1.71 bits per heavy atom. The maximum atomic E-state index is 10.2. The monoisotopic (exact) mass is 234 g/mol. The highest BCUT2D eigenvalue weighted by Crippen LogP contribution is 2.36. The van der Waals surface area contributed by atoms with Crippen molar-refractivity contribution in [2.45, 2.75) is 44.3 Å². The highest BCUT2D eigenvalue weighted by Gasteiger charge is 2.33. The van der Waals surface area contributed by atoms with Crippen LogP contribution in [0.1, 0.15) is 27.7 Å². The summed E-state index contributed by atoms with van der Waals surface area (Å²) in [4.78, 5) is 0. The normalized spacial score (nSPS) is 33.0. The summed E-state index contributed by atoms with van der Waals surface area (Å²) in [5, 5.41) is 11.3. The van der Waals surface area contributed by atoms with Crippen LogP contribution < -0.4 is 0 Å². The molecule has 0 spiro atoms. The maximum absolute atomic E-state index is 10.2. The second kappa shape index (κ2) is 5.66. The van der Waals surface area contributed by atoms with Gasteiger partial charge >= 0.3 is 0 Å². The van der Waals surface area contributed by atoms with E-state index in [1.54, 1.807) is 0 Å². The Morgan fingerprint density at radius 1 is 1.14 bits per heavy atom. The minimum absolute atomic E-state index is 0.136. The van der Waals surface area contributed by atoms with E-state index in [-0.39, 0.29) is 6.10 Å². The van der Waals surface area contributed by atoms with Crippen molar-refractivity contribution in [2.75, 3.05) is 11.5 Å². The van der Waals surface area contributed by atoms with Crippen molar-refractivity contribution in [1.82, 2.24) is 0 Å². The molecule has 1 aliphatic rings. The van der Waals surface area contributed by atoms with Gasteiger partial charge in [0.05, 0.1) is 6.10 Å². The molecule has 0 aromatic rings. The number of aliphatic hydroxyl groups excluding tert-OH is 1. The minimum atomic E-state index is -0.136. The Labute approximate surface area is 96.4 Å². The molecule has 0 radical (unpaired) electrons.